The molecule has 0 saturated heterocycles. The molecular weight excluding hydrogens is 1000 g/mol. The highest BCUT2D eigenvalue weighted by molar-refractivity contribution is 9.10. The van der Waals surface area contributed by atoms with Crippen molar-refractivity contribution < 1.29 is 9.15 Å². The van der Waals surface area contributed by atoms with Gasteiger partial charge in [-0.25, -0.2) is 4.57 Å². The summed E-state index contributed by atoms with van der Waals surface area (Å²) in [5.74, 6) is 2.52. The summed E-state index contributed by atoms with van der Waals surface area (Å²) in [4.78, 5) is 12.0. The summed E-state index contributed by atoms with van der Waals surface area (Å²) in [6, 6.07) is 72.3. The van der Waals surface area contributed by atoms with Crippen LogP contribution in [0.3, 0.4) is 0 Å². The van der Waals surface area contributed by atoms with Crippen molar-refractivity contribution in [2.75, 3.05) is 0 Å². The maximum Gasteiger partial charge on any atom is 0.441 e. The number of hydrogen-bond acceptors (Lipinski definition) is 2. The molecule has 18 rings (SSSR count). The van der Waals surface area contributed by atoms with E-state index >= 15 is 0 Å². The van der Waals surface area contributed by atoms with E-state index in [1.54, 1.807) is 0 Å². The topological polar surface area (TPSA) is 40.6 Å². The lowest BCUT2D eigenvalue weighted by Gasteiger charge is -2.41. The number of fused-ring (bicyclic) bond motifs is 16. The molecule has 0 aliphatic carbocycles. The van der Waals surface area contributed by atoms with Crippen molar-refractivity contribution in [2.45, 2.75) is 5.91 Å². The maximum atomic E-state index is 6.01. The largest absolute Gasteiger partial charge is 0.441 e. The van der Waals surface area contributed by atoms with Crippen molar-refractivity contribution in [1.82, 2.24) is 9.13 Å². The van der Waals surface area contributed by atoms with Crippen LogP contribution in [-0.2, 0) is 5.91 Å². The van der Waals surface area contributed by atoms with Gasteiger partial charge in [-0.1, -0.05) is 153 Å². The molecule has 326 valence electrons. The van der Waals surface area contributed by atoms with Crippen LogP contribution in [0.4, 0.5) is 11.6 Å². The second kappa shape index (κ2) is 12.7. The van der Waals surface area contributed by atoms with Crippen LogP contribution < -0.4 is 10.7 Å². The molecule has 8 heteroatoms. The van der Waals surface area contributed by atoms with Crippen LogP contribution in [0.2, 0.25) is 0 Å². The predicted octanol–water partition coefficient (Wildman–Crippen LogP) is 13.1. The second-order valence-electron chi connectivity index (χ2n) is 19.6. The zero-order valence-corrected chi connectivity index (χ0v) is 40.6. The van der Waals surface area contributed by atoms with Gasteiger partial charge < -0.3 is 0 Å². The molecule has 0 amide bonds. The van der Waals surface area contributed by atoms with E-state index in [1.165, 1.54) is 53.9 Å². The SMILES string of the molecule is Brc1ccc(C2=c3c4cc5ccccc5cc4c4n3C35n6c(c7cc8ccccc8cc7c6N=C6c7cc8ccccc8cc7C(=[N+]63)C=4c3ccc(Br)cc3)N=C3c4cc6ccccc6cc4C2=[N+]35)cc1. The lowest BCUT2D eigenvalue weighted by molar-refractivity contribution is -0.788. The van der Waals surface area contributed by atoms with Crippen LogP contribution in [0.1, 0.15) is 33.4 Å². The Morgan fingerprint density at radius 1 is 0.352 bits per heavy atom. The van der Waals surface area contributed by atoms with Crippen LogP contribution in [0.5, 0.6) is 0 Å². The lowest BCUT2D eigenvalue weighted by Crippen LogP contribution is -2.72. The molecule has 10 aromatic carbocycles. The zero-order valence-electron chi connectivity index (χ0n) is 37.4. The number of nitrogens with zero attached hydrogens (tertiary/aromatic N) is 6. The van der Waals surface area contributed by atoms with E-state index in [0.29, 0.717) is 0 Å². The molecule has 6 aliphatic heterocycles. The summed E-state index contributed by atoms with van der Waals surface area (Å²) in [6.45, 7) is 0. The summed E-state index contributed by atoms with van der Waals surface area (Å²) >= 11 is 7.66. The first kappa shape index (κ1) is 37.6. The van der Waals surface area contributed by atoms with E-state index in [2.05, 4.69) is 244 Å². The number of benzene rings is 10. The predicted molar refractivity (Wildman–Crippen MR) is 294 cm³/mol. The van der Waals surface area contributed by atoms with Crippen LogP contribution >= 0.6 is 31.9 Å². The Morgan fingerprint density at radius 3 is 1.04 bits per heavy atom. The van der Waals surface area contributed by atoms with Gasteiger partial charge in [-0.15, -0.1) is 9.15 Å². The van der Waals surface area contributed by atoms with E-state index in [1.807, 2.05) is 0 Å². The Balaban J connectivity index is 1.19. The number of aromatic nitrogens is 2. The molecule has 0 fully saturated rings. The van der Waals surface area contributed by atoms with E-state index in [0.717, 1.165) is 110 Å². The summed E-state index contributed by atoms with van der Waals surface area (Å²) in [5, 5.41) is 16.4. The molecule has 0 saturated carbocycles. The molecule has 6 nitrogen and oxygen atoms in total. The van der Waals surface area contributed by atoms with Gasteiger partial charge >= 0.3 is 17.6 Å². The van der Waals surface area contributed by atoms with Crippen LogP contribution in [-0.4, -0.2) is 41.4 Å². The minimum Gasteiger partial charge on any atom is -0.240 e. The smallest absolute Gasteiger partial charge is 0.240 e. The van der Waals surface area contributed by atoms with Crippen LogP contribution in [0.15, 0.2) is 213 Å². The average Bonchev–Trinajstić information content (AvgIpc) is 4.19. The van der Waals surface area contributed by atoms with Crippen molar-refractivity contribution in [1.29, 1.82) is 0 Å². The number of hydrogen-bond donors (Lipinski definition) is 0. The number of rotatable bonds is 2. The molecular formula is C63H32Br2N6+2. The number of aliphatic imine (C=N–C) groups is 2. The maximum absolute atomic E-state index is 6.01. The van der Waals surface area contributed by atoms with Gasteiger partial charge in [-0.05, 0) is 137 Å². The molecule has 1 spiro atoms. The monoisotopic (exact) mass is 1030 g/mol. The van der Waals surface area contributed by atoms with E-state index in [9.17, 15) is 0 Å². The molecule has 8 heterocycles. The van der Waals surface area contributed by atoms with Gasteiger partial charge in [-0.2, -0.15) is 4.57 Å². The van der Waals surface area contributed by atoms with E-state index in [-0.39, 0.29) is 0 Å². The molecule has 6 aliphatic rings. The molecule has 0 bridgehead atoms. The van der Waals surface area contributed by atoms with Gasteiger partial charge in [0, 0.05) is 30.8 Å². The third kappa shape index (κ3) is 4.39. The lowest BCUT2D eigenvalue weighted by atomic mass is 9.91. The highest BCUT2D eigenvalue weighted by atomic mass is 79.9. The minimum absolute atomic E-state index is 0.898. The van der Waals surface area contributed by atoms with Gasteiger partial charge in [0.25, 0.3) is 11.6 Å². The highest BCUT2D eigenvalue weighted by Gasteiger charge is 2.72. The molecule has 71 heavy (non-hydrogen) atoms. The van der Waals surface area contributed by atoms with Crippen molar-refractivity contribution >= 4 is 142 Å². The van der Waals surface area contributed by atoms with E-state index in [4.69, 9.17) is 9.98 Å². The van der Waals surface area contributed by atoms with Crippen molar-refractivity contribution in [2.24, 2.45) is 9.98 Å². The van der Waals surface area contributed by atoms with Gasteiger partial charge in [0.15, 0.2) is 11.4 Å². The Labute approximate surface area is 421 Å². The number of amidine groups is 2. The zero-order chi connectivity index (χ0) is 46.2. The van der Waals surface area contributed by atoms with Crippen molar-refractivity contribution in [3.8, 4) is 0 Å². The fraction of sp³-hybridized carbons (Fsp3) is 0.0159. The summed E-state index contributed by atoms with van der Waals surface area (Å²) in [5.41, 5.74) is 11.4. The first-order chi connectivity index (χ1) is 35.0. The minimum atomic E-state index is -1.13. The van der Waals surface area contributed by atoms with Gasteiger partial charge in [0.1, 0.15) is 0 Å². The van der Waals surface area contributed by atoms with Crippen molar-refractivity contribution in [3.63, 3.8) is 0 Å². The Morgan fingerprint density at radius 2 is 0.676 bits per heavy atom. The summed E-state index contributed by atoms with van der Waals surface area (Å²) < 4.78 is 12.6. The Kier molecular flexibility index (Phi) is 6.73. The Bertz CT molecular complexity index is 4630. The third-order valence-corrected chi connectivity index (χ3v) is 17.2. The van der Waals surface area contributed by atoms with Crippen LogP contribution in [0, 0.1) is 0 Å². The first-order valence-corrected chi connectivity index (χ1v) is 25.6. The van der Waals surface area contributed by atoms with E-state index < -0.39 is 5.91 Å². The van der Waals surface area contributed by atoms with Gasteiger partial charge in [-0.3, -0.25) is 0 Å². The first-order valence-electron chi connectivity index (χ1n) is 24.0. The molecule has 0 N–H and O–H groups in total. The standard InChI is InChI=1S/C63H32Br2N6/c64-43-21-17-33(18-22-43)53-55-45-25-35-9-1-2-10-36(35)26-46(45)56-54(34-19-23-44(65)24-20-34)58-48-28-38-12-4-6-14-40(38)30-50(48)60-67-62-52-32-42-16-8-7-15-41(42)31-51(52)61-66-59-49-29-39-13-5-3-11-37(39)27-47(49)57(53)69(59)63(68(55)56,70(58)60)71(61)62/h1-32H/q+2. The number of halogens is 2. The highest BCUT2D eigenvalue weighted by Crippen LogP contribution is 2.55. The normalized spacial score (nSPS) is 16.1. The van der Waals surface area contributed by atoms with Gasteiger partial charge in [0.2, 0.25) is 0 Å². The average molecular weight is 1030 g/mol. The molecule has 0 radical (unpaired) electrons. The fourth-order valence-corrected chi connectivity index (χ4v) is 13.8. The van der Waals surface area contributed by atoms with Gasteiger partial charge in [0.05, 0.1) is 43.7 Å². The third-order valence-electron chi connectivity index (χ3n) is 16.1. The molecule has 2 aromatic heterocycles. The molecule has 12 aromatic rings. The summed E-state index contributed by atoms with van der Waals surface area (Å²) in [6.07, 6.45) is 0. The second-order valence-corrected chi connectivity index (χ2v) is 21.4. The molecule has 0 unspecified atom stereocenters. The summed E-state index contributed by atoms with van der Waals surface area (Å²) in [7, 11) is 0. The quantitative estimate of drug-likeness (QED) is 0.155. The molecule has 0 atom stereocenters. The fourth-order valence-electron chi connectivity index (χ4n) is 13.3. The Hall–Kier alpha value is -8.30. The van der Waals surface area contributed by atoms with Crippen LogP contribution in [0.25, 0.3) is 75.8 Å². The van der Waals surface area contributed by atoms with Crippen molar-refractivity contribution in [3.05, 3.63) is 247 Å².